The van der Waals surface area contributed by atoms with Gasteiger partial charge in [-0.3, -0.25) is 0 Å². The Bertz CT molecular complexity index is 628. The minimum absolute atomic E-state index is 0.221. The van der Waals surface area contributed by atoms with Crippen molar-refractivity contribution in [2.45, 2.75) is 53.1 Å². The lowest BCUT2D eigenvalue weighted by Gasteiger charge is -2.17. The molecular formula is C19H28N2O2S. The normalized spacial score (nSPS) is 12.2. The number of ether oxygens (including phenoxy) is 2. The molecule has 2 aromatic rings. The third-order valence-electron chi connectivity index (χ3n) is 3.62. The highest BCUT2D eigenvalue weighted by Gasteiger charge is 2.12. The molecule has 132 valence electrons. The summed E-state index contributed by atoms with van der Waals surface area (Å²) >= 11 is 1.69. The third-order valence-corrected chi connectivity index (χ3v) is 4.58. The molecule has 0 saturated carbocycles. The van der Waals surface area contributed by atoms with E-state index in [1.54, 1.807) is 11.3 Å². The van der Waals surface area contributed by atoms with Crippen LogP contribution in [-0.2, 0) is 6.54 Å². The lowest BCUT2D eigenvalue weighted by atomic mass is 10.1. The van der Waals surface area contributed by atoms with Gasteiger partial charge in [-0.15, -0.1) is 11.3 Å². The van der Waals surface area contributed by atoms with Crippen LogP contribution in [0.25, 0.3) is 0 Å². The Labute approximate surface area is 149 Å². The minimum Gasteiger partial charge on any atom is -0.490 e. The van der Waals surface area contributed by atoms with Gasteiger partial charge in [0.25, 0.3) is 0 Å². The highest BCUT2D eigenvalue weighted by Crippen LogP contribution is 2.31. The zero-order chi connectivity index (χ0) is 17.4. The first-order valence-corrected chi connectivity index (χ1v) is 9.56. The largest absolute Gasteiger partial charge is 0.490 e. The summed E-state index contributed by atoms with van der Waals surface area (Å²) in [7, 11) is 0. The van der Waals surface area contributed by atoms with E-state index in [0.717, 1.165) is 41.6 Å². The standard InChI is InChI=1S/C19H28N2O2S/c1-5-9-22-17-8-7-16(11-18(17)23-10-6-2)15(4)20-12-19-21-14(3)13-24-19/h7-8,11,13,15,20H,5-6,9-10,12H2,1-4H3. The van der Waals surface area contributed by atoms with Crippen LogP contribution in [0.15, 0.2) is 23.6 Å². The van der Waals surface area contributed by atoms with Crippen molar-refractivity contribution >= 4 is 11.3 Å². The summed E-state index contributed by atoms with van der Waals surface area (Å²) in [5, 5.41) is 6.72. The van der Waals surface area contributed by atoms with Crippen molar-refractivity contribution in [1.82, 2.24) is 10.3 Å². The van der Waals surface area contributed by atoms with Crippen LogP contribution in [0, 0.1) is 6.92 Å². The van der Waals surface area contributed by atoms with Gasteiger partial charge in [0.05, 0.1) is 13.2 Å². The number of aryl methyl sites for hydroxylation is 1. The number of nitrogens with zero attached hydrogens (tertiary/aromatic N) is 1. The van der Waals surface area contributed by atoms with E-state index in [0.29, 0.717) is 13.2 Å². The molecule has 1 aromatic carbocycles. The molecule has 1 unspecified atom stereocenters. The van der Waals surface area contributed by atoms with Gasteiger partial charge in [0, 0.05) is 23.7 Å². The van der Waals surface area contributed by atoms with Crippen LogP contribution in [0.4, 0.5) is 0 Å². The van der Waals surface area contributed by atoms with Gasteiger partial charge in [-0.2, -0.15) is 0 Å². The second-order valence-electron chi connectivity index (χ2n) is 5.89. The Balaban J connectivity index is 2.04. The van der Waals surface area contributed by atoms with Crippen LogP contribution in [0.5, 0.6) is 11.5 Å². The Morgan fingerprint density at radius 1 is 1.12 bits per heavy atom. The van der Waals surface area contributed by atoms with E-state index >= 15 is 0 Å². The number of nitrogens with one attached hydrogen (secondary N) is 1. The van der Waals surface area contributed by atoms with Crippen LogP contribution < -0.4 is 14.8 Å². The summed E-state index contributed by atoms with van der Waals surface area (Å²) in [4.78, 5) is 4.49. The van der Waals surface area contributed by atoms with Gasteiger partial charge in [-0.25, -0.2) is 4.98 Å². The van der Waals surface area contributed by atoms with Crippen LogP contribution in [0.3, 0.4) is 0 Å². The SMILES string of the molecule is CCCOc1ccc(C(C)NCc2nc(C)cs2)cc1OCCC. The first-order valence-electron chi connectivity index (χ1n) is 8.68. The van der Waals surface area contributed by atoms with E-state index in [-0.39, 0.29) is 6.04 Å². The second-order valence-corrected chi connectivity index (χ2v) is 6.83. The number of thiazole rings is 1. The number of benzene rings is 1. The molecule has 0 bridgehead atoms. The Kier molecular flexibility index (Phi) is 7.53. The number of rotatable bonds is 10. The zero-order valence-corrected chi connectivity index (χ0v) is 15.9. The fourth-order valence-corrected chi connectivity index (χ4v) is 3.01. The van der Waals surface area contributed by atoms with Crippen LogP contribution in [0.1, 0.15) is 55.9 Å². The summed E-state index contributed by atoms with van der Waals surface area (Å²) in [5.74, 6) is 1.67. The van der Waals surface area contributed by atoms with Crippen molar-refractivity contribution in [3.8, 4) is 11.5 Å². The van der Waals surface area contributed by atoms with E-state index < -0.39 is 0 Å². The fourth-order valence-electron chi connectivity index (χ4n) is 2.29. The maximum atomic E-state index is 5.88. The van der Waals surface area contributed by atoms with Gasteiger partial charge in [-0.1, -0.05) is 19.9 Å². The molecule has 5 heteroatoms. The van der Waals surface area contributed by atoms with Gasteiger partial charge < -0.3 is 14.8 Å². The molecule has 0 fully saturated rings. The van der Waals surface area contributed by atoms with Gasteiger partial charge >= 0.3 is 0 Å². The van der Waals surface area contributed by atoms with Crippen molar-refractivity contribution in [3.05, 3.63) is 39.8 Å². The summed E-state index contributed by atoms with van der Waals surface area (Å²) in [5.41, 5.74) is 2.27. The molecule has 24 heavy (non-hydrogen) atoms. The molecule has 0 aliphatic heterocycles. The van der Waals surface area contributed by atoms with Crippen LogP contribution in [-0.4, -0.2) is 18.2 Å². The number of aromatic nitrogens is 1. The molecule has 0 aliphatic rings. The predicted molar refractivity (Wildman–Crippen MR) is 100 cm³/mol. The molecule has 0 spiro atoms. The molecule has 0 saturated heterocycles. The predicted octanol–water partition coefficient (Wildman–Crippen LogP) is 4.88. The van der Waals surface area contributed by atoms with Crippen molar-refractivity contribution in [1.29, 1.82) is 0 Å². The summed E-state index contributed by atoms with van der Waals surface area (Å²) < 4.78 is 11.7. The minimum atomic E-state index is 0.221. The highest BCUT2D eigenvalue weighted by molar-refractivity contribution is 7.09. The maximum Gasteiger partial charge on any atom is 0.161 e. The molecule has 1 heterocycles. The molecule has 0 amide bonds. The number of hydrogen-bond acceptors (Lipinski definition) is 5. The maximum absolute atomic E-state index is 5.88. The number of hydrogen-bond donors (Lipinski definition) is 1. The van der Waals surface area contributed by atoms with Crippen LogP contribution >= 0.6 is 11.3 Å². The van der Waals surface area contributed by atoms with E-state index in [4.69, 9.17) is 9.47 Å². The van der Waals surface area contributed by atoms with Gasteiger partial charge in [0.2, 0.25) is 0 Å². The topological polar surface area (TPSA) is 43.4 Å². The third kappa shape index (κ3) is 5.49. The Hall–Kier alpha value is -1.59. The summed E-state index contributed by atoms with van der Waals surface area (Å²) in [6, 6.07) is 6.43. The van der Waals surface area contributed by atoms with E-state index in [1.165, 1.54) is 5.56 Å². The second kappa shape index (κ2) is 9.64. The molecule has 1 N–H and O–H groups in total. The van der Waals surface area contributed by atoms with Gasteiger partial charge in [-0.05, 0) is 44.4 Å². The Morgan fingerprint density at radius 2 is 1.83 bits per heavy atom. The van der Waals surface area contributed by atoms with Gasteiger partial charge in [0.15, 0.2) is 11.5 Å². The first kappa shape index (κ1) is 18.7. The summed E-state index contributed by atoms with van der Waals surface area (Å²) in [6.45, 7) is 10.6. The van der Waals surface area contributed by atoms with E-state index in [9.17, 15) is 0 Å². The molecule has 0 radical (unpaired) electrons. The fraction of sp³-hybridized carbons (Fsp3) is 0.526. The quantitative estimate of drug-likeness (QED) is 0.664. The highest BCUT2D eigenvalue weighted by atomic mass is 32.1. The molecule has 2 rings (SSSR count). The van der Waals surface area contributed by atoms with Crippen molar-refractivity contribution in [2.24, 2.45) is 0 Å². The average molecular weight is 349 g/mol. The molecular weight excluding hydrogens is 320 g/mol. The average Bonchev–Trinajstić information content (AvgIpc) is 3.01. The van der Waals surface area contributed by atoms with Crippen LogP contribution in [0.2, 0.25) is 0 Å². The Morgan fingerprint density at radius 3 is 2.46 bits per heavy atom. The lowest BCUT2D eigenvalue weighted by molar-refractivity contribution is 0.268. The summed E-state index contributed by atoms with van der Waals surface area (Å²) in [6.07, 6.45) is 1.97. The lowest BCUT2D eigenvalue weighted by Crippen LogP contribution is -2.18. The van der Waals surface area contributed by atoms with Gasteiger partial charge in [0.1, 0.15) is 5.01 Å². The van der Waals surface area contributed by atoms with E-state index in [2.05, 4.69) is 48.6 Å². The molecule has 1 aromatic heterocycles. The monoisotopic (exact) mass is 348 g/mol. The smallest absolute Gasteiger partial charge is 0.161 e. The van der Waals surface area contributed by atoms with E-state index in [1.807, 2.05) is 13.0 Å². The van der Waals surface area contributed by atoms with Crippen molar-refractivity contribution in [2.75, 3.05) is 13.2 Å². The van der Waals surface area contributed by atoms with Crippen molar-refractivity contribution in [3.63, 3.8) is 0 Å². The first-order chi connectivity index (χ1) is 11.6. The zero-order valence-electron chi connectivity index (χ0n) is 15.1. The molecule has 4 nitrogen and oxygen atoms in total. The van der Waals surface area contributed by atoms with Crippen molar-refractivity contribution < 1.29 is 9.47 Å². The molecule has 1 atom stereocenters. The molecule has 0 aliphatic carbocycles.